The lowest BCUT2D eigenvalue weighted by Crippen LogP contribution is -2.31. The summed E-state index contributed by atoms with van der Waals surface area (Å²) in [6.07, 6.45) is 4.31. The van der Waals surface area contributed by atoms with Crippen molar-refractivity contribution in [2.45, 2.75) is 19.9 Å². The third kappa shape index (κ3) is 3.51. The number of hydrogen-bond acceptors (Lipinski definition) is 6. The second kappa shape index (κ2) is 7.92. The number of primary amides is 1. The van der Waals surface area contributed by atoms with Gasteiger partial charge in [0, 0.05) is 41.9 Å². The van der Waals surface area contributed by atoms with Gasteiger partial charge >= 0.3 is 0 Å². The first-order chi connectivity index (χ1) is 15.5. The van der Waals surface area contributed by atoms with E-state index in [-0.39, 0.29) is 0 Å². The Bertz CT molecular complexity index is 1330. The van der Waals surface area contributed by atoms with Crippen LogP contribution in [-0.4, -0.2) is 34.5 Å². The molecule has 2 aromatic carbocycles. The Morgan fingerprint density at radius 1 is 1.03 bits per heavy atom. The molecule has 0 bridgehead atoms. The van der Waals surface area contributed by atoms with E-state index in [1.54, 1.807) is 19.5 Å². The SMILES string of the molecule is COc1ccc(-c2cc(C)c3ncnc(N4CCc5ccc(C(N)=O)cc5C4)c3c2)cn1. The lowest BCUT2D eigenvalue weighted by atomic mass is 9.96. The Kier molecular flexibility index (Phi) is 4.93. The van der Waals surface area contributed by atoms with E-state index >= 15 is 0 Å². The molecule has 3 heterocycles. The number of fused-ring (bicyclic) bond motifs is 2. The van der Waals surface area contributed by atoms with Crippen molar-refractivity contribution in [2.24, 2.45) is 5.73 Å². The molecule has 4 aromatic rings. The summed E-state index contributed by atoms with van der Waals surface area (Å²) >= 11 is 0. The summed E-state index contributed by atoms with van der Waals surface area (Å²) in [5, 5.41) is 0.993. The molecule has 32 heavy (non-hydrogen) atoms. The molecule has 7 nitrogen and oxygen atoms in total. The van der Waals surface area contributed by atoms with Crippen LogP contribution in [0.4, 0.5) is 5.82 Å². The third-order valence-electron chi connectivity index (χ3n) is 5.99. The maximum absolute atomic E-state index is 11.6. The molecule has 0 atom stereocenters. The number of amides is 1. The van der Waals surface area contributed by atoms with Gasteiger partial charge in [-0.3, -0.25) is 4.79 Å². The first-order valence-electron chi connectivity index (χ1n) is 10.5. The molecule has 7 heteroatoms. The lowest BCUT2D eigenvalue weighted by Gasteiger charge is -2.31. The molecule has 0 aliphatic carbocycles. The van der Waals surface area contributed by atoms with Crippen LogP contribution in [0.25, 0.3) is 22.0 Å². The number of ether oxygens (including phenoxy) is 1. The van der Waals surface area contributed by atoms with Crippen molar-refractivity contribution in [2.75, 3.05) is 18.6 Å². The summed E-state index contributed by atoms with van der Waals surface area (Å²) in [6, 6.07) is 13.8. The molecule has 0 spiro atoms. The minimum atomic E-state index is -0.411. The number of carbonyl (C=O) groups is 1. The Hall–Kier alpha value is -4.00. The molecule has 1 aliphatic rings. The van der Waals surface area contributed by atoms with Gasteiger partial charge in [0.25, 0.3) is 0 Å². The van der Waals surface area contributed by atoms with E-state index < -0.39 is 5.91 Å². The topological polar surface area (TPSA) is 94.2 Å². The molecule has 1 aliphatic heterocycles. The number of rotatable bonds is 4. The van der Waals surface area contributed by atoms with Crippen molar-refractivity contribution >= 4 is 22.6 Å². The molecule has 5 rings (SSSR count). The third-order valence-corrected chi connectivity index (χ3v) is 5.99. The molecule has 160 valence electrons. The number of anilines is 1. The number of hydrogen-bond donors (Lipinski definition) is 1. The zero-order chi connectivity index (χ0) is 22.2. The molecule has 2 N–H and O–H groups in total. The predicted molar refractivity (Wildman–Crippen MR) is 124 cm³/mol. The summed E-state index contributed by atoms with van der Waals surface area (Å²) in [5.74, 6) is 1.06. The van der Waals surface area contributed by atoms with Crippen LogP contribution in [0.3, 0.4) is 0 Å². The maximum Gasteiger partial charge on any atom is 0.248 e. The van der Waals surface area contributed by atoms with E-state index in [0.717, 1.165) is 51.9 Å². The van der Waals surface area contributed by atoms with Gasteiger partial charge < -0.3 is 15.4 Å². The molecule has 0 unspecified atom stereocenters. The van der Waals surface area contributed by atoms with E-state index in [2.05, 4.69) is 38.9 Å². The maximum atomic E-state index is 11.6. The Balaban J connectivity index is 1.57. The largest absolute Gasteiger partial charge is 0.481 e. The fourth-order valence-electron chi connectivity index (χ4n) is 4.31. The van der Waals surface area contributed by atoms with Gasteiger partial charge in [-0.25, -0.2) is 15.0 Å². The van der Waals surface area contributed by atoms with Crippen molar-refractivity contribution in [1.29, 1.82) is 0 Å². The molecule has 1 amide bonds. The minimum Gasteiger partial charge on any atom is -0.481 e. The van der Waals surface area contributed by atoms with Crippen molar-refractivity contribution in [3.8, 4) is 17.0 Å². The second-order valence-corrected chi connectivity index (χ2v) is 8.00. The highest BCUT2D eigenvalue weighted by Crippen LogP contribution is 2.33. The van der Waals surface area contributed by atoms with Crippen LogP contribution in [-0.2, 0) is 13.0 Å². The normalized spacial score (nSPS) is 13.1. The van der Waals surface area contributed by atoms with Gasteiger partial charge in [0.1, 0.15) is 12.1 Å². The van der Waals surface area contributed by atoms with Gasteiger partial charge in [-0.1, -0.05) is 6.07 Å². The Morgan fingerprint density at radius 2 is 1.91 bits per heavy atom. The predicted octanol–water partition coefficient (Wildman–Crippen LogP) is 3.67. The van der Waals surface area contributed by atoms with Gasteiger partial charge in [0.15, 0.2) is 0 Å². The monoisotopic (exact) mass is 425 g/mol. The van der Waals surface area contributed by atoms with Crippen LogP contribution in [0, 0.1) is 6.92 Å². The number of nitrogens with zero attached hydrogens (tertiary/aromatic N) is 4. The summed E-state index contributed by atoms with van der Waals surface area (Å²) in [5.41, 5.74) is 12.4. The fourth-order valence-corrected chi connectivity index (χ4v) is 4.31. The quantitative estimate of drug-likeness (QED) is 0.536. The summed E-state index contributed by atoms with van der Waals surface area (Å²) < 4.78 is 5.18. The van der Waals surface area contributed by atoms with E-state index in [4.69, 9.17) is 10.5 Å². The van der Waals surface area contributed by atoms with Gasteiger partial charge in [-0.2, -0.15) is 0 Å². The minimum absolute atomic E-state index is 0.411. The van der Waals surface area contributed by atoms with Crippen molar-refractivity contribution in [3.05, 3.63) is 77.2 Å². The molecular formula is C25H23N5O2. The Morgan fingerprint density at radius 3 is 2.66 bits per heavy atom. The van der Waals surface area contributed by atoms with E-state index in [1.807, 2.05) is 30.5 Å². The van der Waals surface area contributed by atoms with Gasteiger partial charge in [-0.15, -0.1) is 0 Å². The number of carbonyl (C=O) groups excluding carboxylic acids is 1. The average molecular weight is 425 g/mol. The van der Waals surface area contributed by atoms with Crippen molar-refractivity contribution < 1.29 is 9.53 Å². The summed E-state index contributed by atoms with van der Waals surface area (Å²) in [7, 11) is 1.61. The smallest absolute Gasteiger partial charge is 0.248 e. The molecular weight excluding hydrogens is 402 g/mol. The standard InChI is InChI=1S/C25H23N5O2/c1-15-9-19(18-5-6-22(32-2)27-12-18)11-21-23(15)28-14-29-25(21)30-8-7-16-3-4-17(24(26)31)10-20(16)13-30/h3-6,9-12,14H,7-8,13H2,1-2H3,(H2,26,31). The number of nitrogens with two attached hydrogens (primary N) is 1. The van der Waals surface area contributed by atoms with Gasteiger partial charge in [0.05, 0.1) is 12.6 Å². The van der Waals surface area contributed by atoms with Crippen LogP contribution in [0.5, 0.6) is 5.88 Å². The highest BCUT2D eigenvalue weighted by atomic mass is 16.5. The highest BCUT2D eigenvalue weighted by Gasteiger charge is 2.21. The average Bonchev–Trinajstić information content (AvgIpc) is 2.83. The number of benzene rings is 2. The first kappa shape index (κ1) is 19.9. The van der Waals surface area contributed by atoms with E-state index in [0.29, 0.717) is 18.0 Å². The van der Waals surface area contributed by atoms with E-state index in [1.165, 1.54) is 5.56 Å². The molecule has 2 aromatic heterocycles. The first-order valence-corrected chi connectivity index (χ1v) is 10.5. The lowest BCUT2D eigenvalue weighted by molar-refractivity contribution is 0.1000. The van der Waals surface area contributed by atoms with Gasteiger partial charge in [-0.05, 0) is 65.9 Å². The number of aryl methyl sites for hydroxylation is 1. The molecule has 0 radical (unpaired) electrons. The number of pyridine rings is 1. The zero-order valence-corrected chi connectivity index (χ0v) is 18.0. The Labute approximate surface area is 185 Å². The number of methoxy groups -OCH3 is 1. The van der Waals surface area contributed by atoms with Crippen LogP contribution in [0.1, 0.15) is 27.0 Å². The van der Waals surface area contributed by atoms with Crippen LogP contribution in [0.2, 0.25) is 0 Å². The summed E-state index contributed by atoms with van der Waals surface area (Å²) in [4.78, 5) is 27.4. The molecule has 0 saturated carbocycles. The van der Waals surface area contributed by atoms with Crippen LogP contribution in [0.15, 0.2) is 55.0 Å². The van der Waals surface area contributed by atoms with Gasteiger partial charge in [0.2, 0.25) is 11.8 Å². The van der Waals surface area contributed by atoms with Crippen molar-refractivity contribution in [3.63, 3.8) is 0 Å². The highest BCUT2D eigenvalue weighted by molar-refractivity contribution is 5.95. The zero-order valence-electron chi connectivity index (χ0n) is 18.0. The molecule has 0 saturated heterocycles. The van der Waals surface area contributed by atoms with E-state index in [9.17, 15) is 4.79 Å². The molecule has 0 fully saturated rings. The number of aromatic nitrogens is 3. The van der Waals surface area contributed by atoms with Crippen molar-refractivity contribution in [1.82, 2.24) is 15.0 Å². The van der Waals surface area contributed by atoms with Crippen LogP contribution >= 0.6 is 0 Å². The fraction of sp³-hybridized carbons (Fsp3) is 0.200. The second-order valence-electron chi connectivity index (χ2n) is 8.00. The van der Waals surface area contributed by atoms with Crippen LogP contribution < -0.4 is 15.4 Å². The summed E-state index contributed by atoms with van der Waals surface area (Å²) in [6.45, 7) is 3.56.